The molecule has 1 amide bonds. The van der Waals surface area contributed by atoms with Gasteiger partial charge in [-0.15, -0.1) is 0 Å². The van der Waals surface area contributed by atoms with E-state index in [1.54, 1.807) is 18.3 Å². The minimum Gasteiger partial charge on any atom is -0.480 e. The van der Waals surface area contributed by atoms with Crippen LogP contribution in [0.15, 0.2) is 91.3 Å². The van der Waals surface area contributed by atoms with Crippen LogP contribution in [0, 0.1) is 6.92 Å². The second kappa shape index (κ2) is 14.6. The van der Waals surface area contributed by atoms with Crippen LogP contribution in [0.4, 0.5) is 5.69 Å². The number of methoxy groups -OCH3 is 1. The van der Waals surface area contributed by atoms with Gasteiger partial charge >= 0.3 is 0 Å². The zero-order valence-corrected chi connectivity index (χ0v) is 22.9. The number of pyridine rings is 1. The van der Waals surface area contributed by atoms with E-state index >= 15 is 0 Å². The fourth-order valence-electron chi connectivity index (χ4n) is 4.52. The van der Waals surface area contributed by atoms with Crippen LogP contribution >= 0.6 is 0 Å². The summed E-state index contributed by atoms with van der Waals surface area (Å²) < 4.78 is 5.18. The lowest BCUT2D eigenvalue weighted by Gasteiger charge is -2.13. The number of hydrogen-bond acceptors (Lipinski definition) is 5. The van der Waals surface area contributed by atoms with Gasteiger partial charge in [-0.3, -0.25) is 4.79 Å². The highest BCUT2D eigenvalue weighted by Crippen LogP contribution is 2.29. The molecule has 2 heterocycles. The minimum absolute atomic E-state index is 0.206. The van der Waals surface area contributed by atoms with E-state index in [9.17, 15) is 4.79 Å². The first-order chi connectivity index (χ1) is 19.2. The van der Waals surface area contributed by atoms with Crippen molar-refractivity contribution in [3.8, 4) is 17.0 Å². The van der Waals surface area contributed by atoms with Crippen LogP contribution in [0.2, 0.25) is 0 Å². The largest absolute Gasteiger partial charge is 0.480 e. The highest BCUT2D eigenvalue weighted by atomic mass is 16.5. The lowest BCUT2D eigenvalue weighted by Crippen LogP contribution is -2.29. The summed E-state index contributed by atoms with van der Waals surface area (Å²) in [6.45, 7) is 4.20. The van der Waals surface area contributed by atoms with Gasteiger partial charge in [-0.2, -0.15) is 0 Å². The van der Waals surface area contributed by atoms with Gasteiger partial charge < -0.3 is 20.7 Å². The third-order valence-electron chi connectivity index (χ3n) is 6.67. The summed E-state index contributed by atoms with van der Waals surface area (Å²) >= 11 is 0. The molecule has 4 rings (SSSR count). The fraction of sp³-hybridized carbons (Fsp3) is 0.273. The quantitative estimate of drug-likeness (QED) is 0.294. The molecule has 1 aliphatic heterocycles. The molecule has 6 heteroatoms. The molecule has 39 heavy (non-hydrogen) atoms. The van der Waals surface area contributed by atoms with E-state index in [1.165, 1.54) is 43.1 Å². The number of carbonyl (C=O) groups is 1. The molecule has 0 unspecified atom stereocenters. The van der Waals surface area contributed by atoms with Crippen LogP contribution in [0.3, 0.4) is 0 Å². The number of carbonyl (C=O) groups excluding carboxylic acids is 1. The monoisotopic (exact) mass is 522 g/mol. The average molecular weight is 523 g/mol. The topological polar surface area (TPSA) is 75.3 Å². The van der Waals surface area contributed by atoms with Gasteiger partial charge in [-0.05, 0) is 84.3 Å². The normalized spacial score (nSPS) is 16.8. The van der Waals surface area contributed by atoms with Crippen molar-refractivity contribution in [3.63, 3.8) is 0 Å². The Morgan fingerprint density at radius 3 is 2.82 bits per heavy atom. The Hall–Kier alpha value is -4.32. The number of amides is 1. The molecule has 6 nitrogen and oxygen atoms in total. The number of nitrogens with one attached hydrogen (secondary N) is 3. The standard InChI is InChI=1S/C33H38N4O2/c1-25-16-17-26(28-12-8-6-4-3-5-7-9-18-34-24-28)23-31(25)27-13-10-14-29(22-27)35-20-21-36-32(38)30-15-11-19-37-33(30)39-2/h4,6,8,10-17,19,22-24,34-35H,3,5,7,9,18,20-21H2,1-2H3,(H,36,38)/b6-4+,12-8-,28-24+. The van der Waals surface area contributed by atoms with E-state index in [2.05, 4.69) is 94.8 Å². The van der Waals surface area contributed by atoms with Crippen molar-refractivity contribution in [1.29, 1.82) is 0 Å². The number of anilines is 1. The van der Waals surface area contributed by atoms with E-state index in [4.69, 9.17) is 4.74 Å². The van der Waals surface area contributed by atoms with Gasteiger partial charge in [0.15, 0.2) is 0 Å². The summed E-state index contributed by atoms with van der Waals surface area (Å²) in [6.07, 6.45) is 17.2. The highest BCUT2D eigenvalue weighted by Gasteiger charge is 2.12. The van der Waals surface area contributed by atoms with Crippen LogP contribution in [0.5, 0.6) is 5.88 Å². The molecule has 0 saturated heterocycles. The van der Waals surface area contributed by atoms with E-state index in [1.807, 2.05) is 6.07 Å². The van der Waals surface area contributed by atoms with Gasteiger partial charge in [0, 0.05) is 37.7 Å². The number of allylic oxidation sites excluding steroid dienone is 5. The number of aromatic nitrogens is 1. The summed E-state index contributed by atoms with van der Waals surface area (Å²) in [6, 6.07) is 18.5. The number of hydrogen-bond donors (Lipinski definition) is 3. The summed E-state index contributed by atoms with van der Waals surface area (Å²) in [5.74, 6) is 0.117. The molecule has 0 saturated carbocycles. The maximum absolute atomic E-state index is 12.5. The first-order valence-corrected chi connectivity index (χ1v) is 13.6. The van der Waals surface area contributed by atoms with Crippen LogP contribution in [-0.2, 0) is 0 Å². The molecule has 0 spiro atoms. The predicted molar refractivity (Wildman–Crippen MR) is 161 cm³/mol. The van der Waals surface area contributed by atoms with Crippen molar-refractivity contribution in [2.45, 2.75) is 32.6 Å². The van der Waals surface area contributed by atoms with E-state index in [0.717, 1.165) is 29.8 Å². The second-order valence-corrected chi connectivity index (χ2v) is 9.54. The number of nitrogens with zero attached hydrogens (tertiary/aromatic N) is 1. The van der Waals surface area contributed by atoms with Crippen LogP contribution in [-0.4, -0.2) is 37.6 Å². The lowest BCUT2D eigenvalue weighted by atomic mass is 9.95. The third kappa shape index (κ3) is 8.08. The summed E-state index contributed by atoms with van der Waals surface area (Å²) in [4.78, 5) is 16.6. The molecule has 1 aromatic heterocycles. The van der Waals surface area contributed by atoms with Crippen LogP contribution < -0.4 is 20.7 Å². The number of aryl methyl sites for hydroxylation is 1. The molecule has 3 N–H and O–H groups in total. The van der Waals surface area contributed by atoms with Gasteiger partial charge in [-0.25, -0.2) is 4.98 Å². The van der Waals surface area contributed by atoms with Gasteiger partial charge in [0.1, 0.15) is 5.56 Å². The zero-order chi connectivity index (χ0) is 27.3. The Morgan fingerprint density at radius 2 is 1.92 bits per heavy atom. The van der Waals surface area contributed by atoms with Gasteiger partial charge in [0.2, 0.25) is 5.88 Å². The summed E-state index contributed by atoms with van der Waals surface area (Å²) in [7, 11) is 1.51. The van der Waals surface area contributed by atoms with Crippen molar-refractivity contribution < 1.29 is 9.53 Å². The van der Waals surface area contributed by atoms with Gasteiger partial charge in [-0.1, -0.05) is 55.0 Å². The van der Waals surface area contributed by atoms with E-state index in [0.29, 0.717) is 24.5 Å². The molecule has 202 valence electrons. The van der Waals surface area contributed by atoms with Crippen molar-refractivity contribution >= 4 is 17.2 Å². The average Bonchev–Trinajstić information content (AvgIpc) is 2.96. The lowest BCUT2D eigenvalue weighted by molar-refractivity contribution is 0.0951. The van der Waals surface area contributed by atoms with Crippen molar-refractivity contribution in [2.75, 3.05) is 32.1 Å². The first kappa shape index (κ1) is 27.7. The molecule has 1 aliphatic rings. The summed E-state index contributed by atoms with van der Waals surface area (Å²) in [5.41, 5.74) is 7.34. The number of ether oxygens (including phenoxy) is 1. The summed E-state index contributed by atoms with van der Waals surface area (Å²) in [5, 5.41) is 9.85. The SMILES string of the molecule is COc1ncccc1C(=O)NCCNc1cccc(-c2cc(C3=C/NCCCCC/C=C/C=C\3)ccc2C)c1. The second-order valence-electron chi connectivity index (χ2n) is 9.54. The molecule has 2 aromatic carbocycles. The molecule has 3 aromatic rings. The van der Waals surface area contributed by atoms with E-state index in [-0.39, 0.29) is 5.91 Å². The van der Waals surface area contributed by atoms with Crippen LogP contribution in [0.25, 0.3) is 16.7 Å². The Balaban J connectivity index is 1.43. The smallest absolute Gasteiger partial charge is 0.256 e. The molecule has 0 fully saturated rings. The van der Waals surface area contributed by atoms with Crippen molar-refractivity contribution in [1.82, 2.24) is 15.6 Å². The van der Waals surface area contributed by atoms with Gasteiger partial charge in [0.25, 0.3) is 5.91 Å². The molecular formula is C33H38N4O2. The fourth-order valence-corrected chi connectivity index (χ4v) is 4.52. The Kier molecular flexibility index (Phi) is 10.4. The third-order valence-corrected chi connectivity index (χ3v) is 6.67. The molecular weight excluding hydrogens is 484 g/mol. The molecule has 0 aliphatic carbocycles. The minimum atomic E-state index is -0.206. The van der Waals surface area contributed by atoms with Crippen molar-refractivity contribution in [2.24, 2.45) is 0 Å². The Labute approximate surface area is 231 Å². The number of rotatable bonds is 8. The maximum Gasteiger partial charge on any atom is 0.256 e. The number of benzene rings is 2. The maximum atomic E-state index is 12.5. The molecule has 0 bridgehead atoms. The first-order valence-electron chi connectivity index (χ1n) is 13.6. The molecule has 0 radical (unpaired) electrons. The Bertz CT molecular complexity index is 1340. The van der Waals surface area contributed by atoms with Crippen molar-refractivity contribution in [3.05, 3.63) is 108 Å². The Morgan fingerprint density at radius 1 is 1.00 bits per heavy atom. The van der Waals surface area contributed by atoms with Gasteiger partial charge in [0.05, 0.1) is 7.11 Å². The predicted octanol–water partition coefficient (Wildman–Crippen LogP) is 6.52. The molecule has 0 atom stereocenters. The zero-order valence-electron chi connectivity index (χ0n) is 22.9. The highest BCUT2D eigenvalue weighted by molar-refractivity contribution is 5.96. The van der Waals surface area contributed by atoms with E-state index < -0.39 is 0 Å². The van der Waals surface area contributed by atoms with Crippen LogP contribution in [0.1, 0.15) is 47.2 Å².